The molecule has 1 aromatic rings. The number of amides is 1. The standard InChI is InChI=1S/C17H24N2O5S/c1-23-15-4-5-16-13(11-15)10-14(12-24-16)17(20)18-6-9-25(21,22)19-7-2-3-8-19/h4-5,11,14H,2-3,6-10,12H2,1H3,(H,18,20). The van der Waals surface area contributed by atoms with Crippen molar-refractivity contribution in [2.75, 3.05) is 39.1 Å². The molecule has 2 aliphatic heterocycles. The van der Waals surface area contributed by atoms with Crippen LogP contribution in [0.3, 0.4) is 0 Å². The Morgan fingerprint density at radius 1 is 1.36 bits per heavy atom. The lowest BCUT2D eigenvalue weighted by Crippen LogP contribution is -2.41. The first-order chi connectivity index (χ1) is 12.0. The zero-order valence-corrected chi connectivity index (χ0v) is 15.2. The average Bonchev–Trinajstić information content (AvgIpc) is 3.16. The Kier molecular flexibility index (Phi) is 5.48. The maximum atomic E-state index is 12.3. The molecular formula is C17H24N2O5S. The number of methoxy groups -OCH3 is 1. The van der Waals surface area contributed by atoms with Gasteiger partial charge >= 0.3 is 0 Å². The molecule has 0 radical (unpaired) electrons. The summed E-state index contributed by atoms with van der Waals surface area (Å²) < 4.78 is 36.7. The summed E-state index contributed by atoms with van der Waals surface area (Å²) in [5, 5.41) is 2.74. The number of carbonyl (C=O) groups is 1. The van der Waals surface area contributed by atoms with E-state index in [4.69, 9.17) is 9.47 Å². The van der Waals surface area contributed by atoms with Gasteiger partial charge in [-0.05, 0) is 43.0 Å². The van der Waals surface area contributed by atoms with E-state index in [9.17, 15) is 13.2 Å². The Morgan fingerprint density at radius 2 is 2.12 bits per heavy atom. The van der Waals surface area contributed by atoms with E-state index in [1.807, 2.05) is 18.2 Å². The van der Waals surface area contributed by atoms with Crippen LogP contribution in [-0.4, -0.2) is 57.7 Å². The third-order valence-electron chi connectivity index (χ3n) is 4.66. The van der Waals surface area contributed by atoms with E-state index >= 15 is 0 Å². The predicted octanol–water partition coefficient (Wildman–Crippen LogP) is 0.788. The molecule has 7 nitrogen and oxygen atoms in total. The molecule has 138 valence electrons. The molecule has 2 aliphatic rings. The van der Waals surface area contributed by atoms with Crippen molar-refractivity contribution in [2.24, 2.45) is 5.92 Å². The topological polar surface area (TPSA) is 84.9 Å². The summed E-state index contributed by atoms with van der Waals surface area (Å²) in [7, 11) is -1.68. The van der Waals surface area contributed by atoms with Crippen LogP contribution in [0.2, 0.25) is 0 Å². The molecule has 1 amide bonds. The van der Waals surface area contributed by atoms with Crippen LogP contribution in [0, 0.1) is 5.92 Å². The SMILES string of the molecule is COc1ccc2c(c1)CC(C(=O)NCCS(=O)(=O)N1CCCC1)CO2. The molecule has 8 heteroatoms. The first kappa shape index (κ1) is 18.0. The zero-order chi connectivity index (χ0) is 17.9. The highest BCUT2D eigenvalue weighted by Crippen LogP contribution is 2.30. The van der Waals surface area contributed by atoms with Gasteiger partial charge in [0, 0.05) is 19.6 Å². The third kappa shape index (κ3) is 4.24. The lowest BCUT2D eigenvalue weighted by Gasteiger charge is -2.25. The van der Waals surface area contributed by atoms with Crippen molar-refractivity contribution in [1.82, 2.24) is 9.62 Å². The first-order valence-electron chi connectivity index (χ1n) is 8.55. The summed E-state index contributed by atoms with van der Waals surface area (Å²) in [5.41, 5.74) is 0.926. The maximum Gasteiger partial charge on any atom is 0.226 e. The van der Waals surface area contributed by atoms with Crippen LogP contribution in [0.4, 0.5) is 0 Å². The largest absolute Gasteiger partial charge is 0.497 e. The van der Waals surface area contributed by atoms with Gasteiger partial charge < -0.3 is 14.8 Å². The number of ether oxygens (including phenoxy) is 2. The summed E-state index contributed by atoms with van der Waals surface area (Å²) >= 11 is 0. The molecule has 3 rings (SSSR count). The fourth-order valence-corrected chi connectivity index (χ4v) is 4.64. The van der Waals surface area contributed by atoms with E-state index < -0.39 is 10.0 Å². The van der Waals surface area contributed by atoms with Gasteiger partial charge in [-0.3, -0.25) is 4.79 Å². The van der Waals surface area contributed by atoms with Gasteiger partial charge in [0.2, 0.25) is 15.9 Å². The number of fused-ring (bicyclic) bond motifs is 1. The molecule has 0 bridgehead atoms. The van der Waals surface area contributed by atoms with Crippen LogP contribution in [0.1, 0.15) is 18.4 Å². The van der Waals surface area contributed by atoms with Crippen molar-refractivity contribution in [2.45, 2.75) is 19.3 Å². The summed E-state index contributed by atoms with van der Waals surface area (Å²) in [6, 6.07) is 5.53. The zero-order valence-electron chi connectivity index (χ0n) is 14.4. The number of sulfonamides is 1. The fourth-order valence-electron chi connectivity index (χ4n) is 3.21. The summed E-state index contributed by atoms with van der Waals surface area (Å²) in [5.74, 6) is 0.928. The van der Waals surface area contributed by atoms with Crippen LogP contribution in [0.15, 0.2) is 18.2 Å². The molecular weight excluding hydrogens is 344 g/mol. The number of hydrogen-bond donors (Lipinski definition) is 1. The van der Waals surface area contributed by atoms with Gasteiger partial charge in [0.25, 0.3) is 0 Å². The molecule has 1 atom stereocenters. The molecule has 25 heavy (non-hydrogen) atoms. The van der Waals surface area contributed by atoms with Gasteiger partial charge in [-0.1, -0.05) is 0 Å². The Balaban J connectivity index is 1.52. The molecule has 1 aromatic carbocycles. The Hall–Kier alpha value is -1.80. The van der Waals surface area contributed by atoms with E-state index in [2.05, 4.69) is 5.32 Å². The van der Waals surface area contributed by atoms with Gasteiger partial charge in [0.1, 0.15) is 18.1 Å². The second-order valence-corrected chi connectivity index (χ2v) is 8.49. The highest BCUT2D eigenvalue weighted by Gasteiger charge is 2.28. The average molecular weight is 368 g/mol. The molecule has 0 saturated carbocycles. The second kappa shape index (κ2) is 7.61. The Morgan fingerprint density at radius 3 is 2.84 bits per heavy atom. The Labute approximate surface area is 148 Å². The summed E-state index contributed by atoms with van der Waals surface area (Å²) in [6.07, 6.45) is 2.37. The second-order valence-electron chi connectivity index (χ2n) is 6.40. The molecule has 1 saturated heterocycles. The van der Waals surface area contributed by atoms with E-state index in [0.29, 0.717) is 26.1 Å². The van der Waals surface area contributed by atoms with Gasteiger partial charge in [0.15, 0.2) is 0 Å². The molecule has 1 fully saturated rings. The van der Waals surface area contributed by atoms with Crippen LogP contribution in [0.5, 0.6) is 11.5 Å². The van der Waals surface area contributed by atoms with Crippen molar-refractivity contribution in [3.05, 3.63) is 23.8 Å². The fraction of sp³-hybridized carbons (Fsp3) is 0.588. The lowest BCUT2D eigenvalue weighted by atomic mass is 9.96. The van der Waals surface area contributed by atoms with Crippen LogP contribution in [-0.2, 0) is 21.2 Å². The van der Waals surface area contributed by atoms with E-state index in [1.54, 1.807) is 7.11 Å². The molecule has 2 heterocycles. The minimum atomic E-state index is -3.27. The van der Waals surface area contributed by atoms with Crippen LogP contribution < -0.4 is 14.8 Å². The van der Waals surface area contributed by atoms with E-state index in [1.165, 1.54) is 4.31 Å². The highest BCUT2D eigenvalue weighted by atomic mass is 32.2. The number of nitrogens with one attached hydrogen (secondary N) is 1. The van der Waals surface area contributed by atoms with Crippen LogP contribution in [0.25, 0.3) is 0 Å². The maximum absolute atomic E-state index is 12.3. The normalized spacial score (nSPS) is 20.6. The van der Waals surface area contributed by atoms with Crippen molar-refractivity contribution in [1.29, 1.82) is 0 Å². The molecule has 0 spiro atoms. The van der Waals surface area contributed by atoms with Crippen molar-refractivity contribution >= 4 is 15.9 Å². The quantitative estimate of drug-likeness (QED) is 0.802. The first-order valence-corrected chi connectivity index (χ1v) is 10.2. The number of benzene rings is 1. The van der Waals surface area contributed by atoms with E-state index in [-0.39, 0.29) is 24.1 Å². The number of nitrogens with zero attached hydrogens (tertiary/aromatic N) is 1. The van der Waals surface area contributed by atoms with Gasteiger partial charge in [-0.2, -0.15) is 0 Å². The molecule has 1 unspecified atom stereocenters. The minimum Gasteiger partial charge on any atom is -0.497 e. The minimum absolute atomic E-state index is 0.0588. The van der Waals surface area contributed by atoms with E-state index in [0.717, 1.165) is 29.9 Å². The van der Waals surface area contributed by atoms with Crippen molar-refractivity contribution < 1.29 is 22.7 Å². The van der Waals surface area contributed by atoms with Gasteiger partial charge in [-0.25, -0.2) is 12.7 Å². The van der Waals surface area contributed by atoms with Gasteiger partial charge in [-0.15, -0.1) is 0 Å². The van der Waals surface area contributed by atoms with Crippen molar-refractivity contribution in [3.8, 4) is 11.5 Å². The number of carbonyl (C=O) groups excluding carboxylic acids is 1. The monoisotopic (exact) mass is 368 g/mol. The predicted molar refractivity (Wildman–Crippen MR) is 93.3 cm³/mol. The molecule has 0 aromatic heterocycles. The summed E-state index contributed by atoms with van der Waals surface area (Å²) in [6.45, 7) is 1.60. The highest BCUT2D eigenvalue weighted by molar-refractivity contribution is 7.89. The summed E-state index contributed by atoms with van der Waals surface area (Å²) in [4.78, 5) is 12.3. The lowest BCUT2D eigenvalue weighted by molar-refractivity contribution is -0.126. The third-order valence-corrected chi connectivity index (χ3v) is 6.53. The molecule has 0 aliphatic carbocycles. The van der Waals surface area contributed by atoms with Crippen LogP contribution >= 0.6 is 0 Å². The smallest absolute Gasteiger partial charge is 0.226 e. The van der Waals surface area contributed by atoms with Gasteiger partial charge in [0.05, 0.1) is 18.8 Å². The number of hydrogen-bond acceptors (Lipinski definition) is 5. The van der Waals surface area contributed by atoms with Crippen molar-refractivity contribution in [3.63, 3.8) is 0 Å². The Bertz CT molecular complexity index is 729. The number of rotatable bonds is 6. The molecule has 1 N–H and O–H groups in total.